The molecule has 2 amide bonds. The number of nitrogens with one attached hydrogen (secondary N) is 3. The van der Waals surface area contributed by atoms with E-state index in [4.69, 9.17) is 0 Å². The third-order valence-corrected chi connectivity index (χ3v) is 7.89. The van der Waals surface area contributed by atoms with Gasteiger partial charge in [-0.15, -0.1) is 0 Å². The van der Waals surface area contributed by atoms with Crippen molar-refractivity contribution in [3.63, 3.8) is 0 Å². The fourth-order valence-electron chi connectivity index (χ4n) is 5.54. The molecule has 3 aromatic rings. The number of fused-ring (bicyclic) bond motifs is 1. The second kappa shape index (κ2) is 7.69. The number of carbonyl (C=O) groups is 2. The molecular weight excluding hydrogens is 426 g/mol. The zero-order valence-corrected chi connectivity index (χ0v) is 18.9. The zero-order chi connectivity index (χ0) is 23.3. The Labute approximate surface area is 198 Å². The monoisotopic (exact) mass is 453 g/mol. The number of H-pyrrole nitrogens is 1. The number of hydrogen-bond donors (Lipinski definition) is 3. The molecular formula is C27H27N5O2. The minimum atomic E-state index is -1.02. The number of hydrogen-bond acceptors (Lipinski definition) is 4. The van der Waals surface area contributed by atoms with Crippen molar-refractivity contribution in [1.82, 2.24) is 20.6 Å². The first-order chi connectivity index (χ1) is 16.5. The number of amides is 2. The first-order valence-electron chi connectivity index (χ1n) is 12.1. The Balaban J connectivity index is 1.27. The molecule has 3 saturated carbocycles. The van der Waals surface area contributed by atoms with Crippen LogP contribution in [0.5, 0.6) is 0 Å². The summed E-state index contributed by atoms with van der Waals surface area (Å²) in [5, 5.41) is 17.8. The molecule has 0 aliphatic heterocycles. The molecule has 34 heavy (non-hydrogen) atoms. The number of pyridine rings is 1. The molecule has 3 aliphatic carbocycles. The highest BCUT2D eigenvalue weighted by atomic mass is 16.2. The van der Waals surface area contributed by atoms with Crippen LogP contribution >= 0.6 is 0 Å². The van der Waals surface area contributed by atoms with Gasteiger partial charge in [-0.3, -0.25) is 14.6 Å². The van der Waals surface area contributed by atoms with Gasteiger partial charge in [-0.05, 0) is 73.8 Å². The Bertz CT molecular complexity index is 1320. The minimum absolute atomic E-state index is 0.142. The highest BCUT2D eigenvalue weighted by Crippen LogP contribution is 2.61. The molecule has 7 nitrogen and oxygen atoms in total. The number of carbonyl (C=O) groups excluding carboxylic acids is 2. The second-order valence-electron chi connectivity index (χ2n) is 10.3. The van der Waals surface area contributed by atoms with Gasteiger partial charge in [0, 0.05) is 29.0 Å². The molecule has 2 heterocycles. The first kappa shape index (κ1) is 20.9. The molecule has 7 heteroatoms. The van der Waals surface area contributed by atoms with E-state index in [0.29, 0.717) is 30.0 Å². The van der Waals surface area contributed by atoms with Gasteiger partial charge in [0.1, 0.15) is 17.3 Å². The predicted molar refractivity (Wildman–Crippen MR) is 127 cm³/mol. The van der Waals surface area contributed by atoms with Crippen LogP contribution in [0.4, 0.5) is 0 Å². The van der Waals surface area contributed by atoms with E-state index in [1.807, 2.05) is 30.3 Å². The van der Waals surface area contributed by atoms with Gasteiger partial charge in [0.2, 0.25) is 5.91 Å². The molecule has 2 atom stereocenters. The summed E-state index contributed by atoms with van der Waals surface area (Å²) in [6, 6.07) is 12.8. The van der Waals surface area contributed by atoms with E-state index in [-0.39, 0.29) is 17.2 Å². The van der Waals surface area contributed by atoms with E-state index in [1.54, 1.807) is 18.5 Å². The first-order valence-corrected chi connectivity index (χ1v) is 12.1. The number of aromatic nitrogens is 2. The summed E-state index contributed by atoms with van der Waals surface area (Å²) in [5.41, 5.74) is 1.35. The molecule has 1 spiro atoms. The Kier molecular flexibility index (Phi) is 4.73. The smallest absolute Gasteiger partial charge is 0.268 e. The molecule has 0 radical (unpaired) electrons. The molecule has 3 N–H and O–H groups in total. The number of benzene rings is 1. The summed E-state index contributed by atoms with van der Waals surface area (Å²) in [5.74, 6) is -0.0381. The predicted octanol–water partition coefficient (Wildman–Crippen LogP) is 4.25. The van der Waals surface area contributed by atoms with Crippen molar-refractivity contribution in [2.24, 2.45) is 5.41 Å². The van der Waals surface area contributed by atoms with E-state index in [0.717, 1.165) is 48.6 Å². The quantitative estimate of drug-likeness (QED) is 0.518. The van der Waals surface area contributed by atoms with E-state index in [1.165, 1.54) is 0 Å². The molecule has 2 aromatic heterocycles. The third kappa shape index (κ3) is 3.63. The van der Waals surface area contributed by atoms with Crippen molar-refractivity contribution >= 4 is 22.6 Å². The maximum absolute atomic E-state index is 13.7. The van der Waals surface area contributed by atoms with Crippen LogP contribution in [-0.4, -0.2) is 27.3 Å². The van der Waals surface area contributed by atoms with Crippen molar-refractivity contribution in [3.8, 4) is 6.07 Å². The van der Waals surface area contributed by atoms with Gasteiger partial charge in [0.05, 0.1) is 6.07 Å². The third-order valence-electron chi connectivity index (χ3n) is 7.89. The van der Waals surface area contributed by atoms with E-state index in [2.05, 4.69) is 26.7 Å². The van der Waals surface area contributed by atoms with Crippen molar-refractivity contribution in [3.05, 3.63) is 65.7 Å². The Morgan fingerprint density at radius 1 is 1.09 bits per heavy atom. The van der Waals surface area contributed by atoms with Gasteiger partial charge in [-0.25, -0.2) is 0 Å². The lowest BCUT2D eigenvalue weighted by Crippen LogP contribution is -2.58. The minimum Gasteiger partial charge on any atom is -0.354 e. The second-order valence-corrected chi connectivity index (χ2v) is 10.3. The lowest BCUT2D eigenvalue weighted by atomic mass is 9.92. The van der Waals surface area contributed by atoms with Crippen LogP contribution in [0.15, 0.2) is 48.8 Å². The molecule has 172 valence electrons. The fraction of sp³-hybridized carbons (Fsp3) is 0.407. The normalized spacial score (nSPS) is 23.4. The maximum atomic E-state index is 13.7. The van der Waals surface area contributed by atoms with Crippen molar-refractivity contribution in [2.45, 2.75) is 62.4 Å². The summed E-state index contributed by atoms with van der Waals surface area (Å²) in [7, 11) is 0. The SMILES string of the molecule is N#CC(NC(=O)C1(NC(=O)c2ccc(C3CC3)[nH]2)CCC2(CC2)C1)c1cncc2ccccc12. The van der Waals surface area contributed by atoms with Crippen LogP contribution in [0.25, 0.3) is 10.8 Å². The molecule has 3 aliphatic rings. The summed E-state index contributed by atoms with van der Waals surface area (Å²) >= 11 is 0. The maximum Gasteiger partial charge on any atom is 0.268 e. The standard InChI is InChI=1S/C27H27N5O2/c28-13-23(20-15-29-14-18-3-1-2-4-19(18)20)31-25(34)27(12-11-26(16-27)9-10-26)32-24(33)22-8-7-21(30-22)17-5-6-17/h1-4,7-8,14-15,17,23,30H,5-6,9-12,16H2,(H,31,34)(H,32,33). The van der Waals surface area contributed by atoms with Crippen LogP contribution in [0.1, 0.15) is 78.7 Å². The number of nitrogens with zero attached hydrogens (tertiary/aromatic N) is 2. The van der Waals surface area contributed by atoms with Crippen LogP contribution in [0.2, 0.25) is 0 Å². The van der Waals surface area contributed by atoms with E-state index >= 15 is 0 Å². The van der Waals surface area contributed by atoms with Crippen LogP contribution in [0.3, 0.4) is 0 Å². The highest BCUT2D eigenvalue weighted by molar-refractivity contribution is 5.99. The Morgan fingerprint density at radius 3 is 2.62 bits per heavy atom. The molecule has 1 aromatic carbocycles. The van der Waals surface area contributed by atoms with Crippen LogP contribution in [0, 0.1) is 16.7 Å². The average Bonchev–Trinajstić information content (AvgIpc) is 3.76. The largest absolute Gasteiger partial charge is 0.354 e. The highest BCUT2D eigenvalue weighted by Gasteiger charge is 2.58. The molecule has 0 saturated heterocycles. The topological polar surface area (TPSA) is 111 Å². The summed E-state index contributed by atoms with van der Waals surface area (Å²) in [6.07, 6.45) is 9.94. The van der Waals surface area contributed by atoms with Crippen molar-refractivity contribution in [1.29, 1.82) is 5.26 Å². The number of nitriles is 1. The van der Waals surface area contributed by atoms with Crippen LogP contribution in [-0.2, 0) is 4.79 Å². The number of aromatic amines is 1. The molecule has 0 bridgehead atoms. The summed E-state index contributed by atoms with van der Waals surface area (Å²) in [6.45, 7) is 0. The number of rotatable bonds is 6. The van der Waals surface area contributed by atoms with Crippen molar-refractivity contribution < 1.29 is 9.59 Å². The van der Waals surface area contributed by atoms with Gasteiger partial charge in [0.25, 0.3) is 5.91 Å². The lowest BCUT2D eigenvalue weighted by molar-refractivity contribution is -0.127. The summed E-state index contributed by atoms with van der Waals surface area (Å²) in [4.78, 5) is 34.5. The van der Waals surface area contributed by atoms with Gasteiger partial charge >= 0.3 is 0 Å². The molecule has 6 rings (SSSR count). The van der Waals surface area contributed by atoms with Crippen molar-refractivity contribution in [2.75, 3.05) is 0 Å². The Morgan fingerprint density at radius 2 is 1.88 bits per heavy atom. The van der Waals surface area contributed by atoms with Crippen LogP contribution < -0.4 is 10.6 Å². The van der Waals surface area contributed by atoms with E-state index < -0.39 is 11.6 Å². The van der Waals surface area contributed by atoms with Gasteiger partial charge < -0.3 is 15.6 Å². The fourth-order valence-corrected chi connectivity index (χ4v) is 5.54. The average molecular weight is 454 g/mol. The molecule has 2 unspecified atom stereocenters. The lowest BCUT2D eigenvalue weighted by Gasteiger charge is -2.30. The van der Waals surface area contributed by atoms with E-state index in [9.17, 15) is 14.9 Å². The van der Waals surface area contributed by atoms with Gasteiger partial charge in [-0.2, -0.15) is 5.26 Å². The zero-order valence-electron chi connectivity index (χ0n) is 18.9. The Hall–Kier alpha value is -3.66. The molecule has 3 fully saturated rings. The summed E-state index contributed by atoms with van der Waals surface area (Å²) < 4.78 is 0. The van der Waals surface area contributed by atoms with Gasteiger partial charge in [0.15, 0.2) is 0 Å². The van der Waals surface area contributed by atoms with Gasteiger partial charge in [-0.1, -0.05) is 24.3 Å².